The Morgan fingerprint density at radius 3 is 2.48 bits per heavy atom. The average molecular weight is 415 g/mol. The zero-order valence-corrected chi connectivity index (χ0v) is 17.5. The van der Waals surface area contributed by atoms with Crippen LogP contribution in [0.15, 0.2) is 72.8 Å². The van der Waals surface area contributed by atoms with Gasteiger partial charge in [0.1, 0.15) is 5.82 Å². The predicted molar refractivity (Wildman–Crippen MR) is 122 cm³/mol. The molecular weight excluding hydrogens is 387 g/mol. The summed E-state index contributed by atoms with van der Waals surface area (Å²) < 4.78 is 13.1. The Hall–Kier alpha value is -3.14. The van der Waals surface area contributed by atoms with Gasteiger partial charge in [0.05, 0.1) is 0 Å². The van der Waals surface area contributed by atoms with Crippen molar-refractivity contribution in [2.45, 2.75) is 43.6 Å². The highest BCUT2D eigenvalue weighted by molar-refractivity contribution is 5.95. The summed E-state index contributed by atoms with van der Waals surface area (Å²) in [6.45, 7) is 1.41. The third-order valence-corrected chi connectivity index (χ3v) is 7.07. The zero-order valence-electron chi connectivity index (χ0n) is 17.5. The van der Waals surface area contributed by atoms with Crippen LogP contribution < -0.4 is 10.6 Å². The van der Waals surface area contributed by atoms with Crippen LogP contribution in [0, 0.1) is 5.82 Å². The van der Waals surface area contributed by atoms with E-state index in [1.807, 2.05) is 18.2 Å². The maximum Gasteiger partial charge on any atom is 0.251 e. The number of hydrogen-bond acceptors (Lipinski definition) is 2. The number of halogens is 1. The number of carbonyl (C=O) groups is 1. The fourth-order valence-corrected chi connectivity index (χ4v) is 5.33. The summed E-state index contributed by atoms with van der Waals surface area (Å²) in [5.41, 5.74) is 5.76. The fraction of sp³-hybridized carbons (Fsp3) is 0.296. The molecule has 1 saturated carbocycles. The van der Waals surface area contributed by atoms with Crippen LogP contribution in [0.5, 0.6) is 0 Å². The maximum atomic E-state index is 13.1. The van der Waals surface area contributed by atoms with Crippen LogP contribution in [0.1, 0.15) is 58.6 Å². The monoisotopic (exact) mass is 414 g/mol. The van der Waals surface area contributed by atoms with Gasteiger partial charge in [-0.3, -0.25) is 4.79 Å². The van der Waals surface area contributed by atoms with E-state index in [4.69, 9.17) is 0 Å². The van der Waals surface area contributed by atoms with Crippen LogP contribution >= 0.6 is 0 Å². The highest BCUT2D eigenvalue weighted by Crippen LogP contribution is 2.50. The van der Waals surface area contributed by atoms with Crippen molar-refractivity contribution in [3.63, 3.8) is 0 Å². The lowest BCUT2D eigenvalue weighted by Gasteiger charge is -2.38. The van der Waals surface area contributed by atoms with Crippen molar-refractivity contribution in [3.05, 3.63) is 101 Å². The largest absolute Gasteiger partial charge is 0.384 e. The molecule has 2 aliphatic rings. The topological polar surface area (TPSA) is 41.1 Å². The van der Waals surface area contributed by atoms with E-state index in [1.165, 1.54) is 23.4 Å². The minimum absolute atomic E-state index is 0.0620. The molecule has 0 bridgehead atoms. The lowest BCUT2D eigenvalue weighted by molar-refractivity contribution is 0.0949. The van der Waals surface area contributed by atoms with Gasteiger partial charge in [-0.05, 0) is 72.6 Å². The second-order valence-corrected chi connectivity index (χ2v) is 8.85. The van der Waals surface area contributed by atoms with Gasteiger partial charge in [-0.1, -0.05) is 48.5 Å². The molecule has 31 heavy (non-hydrogen) atoms. The Labute approximate surface area is 182 Å². The number of para-hydroxylation sites is 1. The van der Waals surface area contributed by atoms with Gasteiger partial charge in [0, 0.05) is 29.8 Å². The van der Waals surface area contributed by atoms with Crippen molar-refractivity contribution in [1.29, 1.82) is 0 Å². The van der Waals surface area contributed by atoms with E-state index in [9.17, 15) is 9.18 Å². The summed E-state index contributed by atoms with van der Waals surface area (Å²) in [6.07, 6.45) is 4.43. The summed E-state index contributed by atoms with van der Waals surface area (Å²) in [5, 5.41) is 6.60. The first kappa shape index (κ1) is 19.8. The van der Waals surface area contributed by atoms with Crippen LogP contribution in [-0.2, 0) is 12.0 Å². The standard InChI is InChI=1S/C27H27FN2O/c28-21-11-9-19(10-12-21)17-29-26(31)23-6-2-1-5-22(23)20-13-15-27(16-14-20)18-30-25-8-4-3-7-24(25)27/h1-12,20,30H,13-18H2,(H,29,31). The van der Waals surface area contributed by atoms with Crippen LogP contribution in [0.3, 0.4) is 0 Å². The molecule has 1 aliphatic carbocycles. The average Bonchev–Trinajstić information content (AvgIpc) is 3.17. The van der Waals surface area contributed by atoms with E-state index in [0.29, 0.717) is 12.5 Å². The third kappa shape index (κ3) is 3.83. The van der Waals surface area contributed by atoms with E-state index in [1.54, 1.807) is 12.1 Å². The zero-order chi connectivity index (χ0) is 21.3. The van der Waals surface area contributed by atoms with Gasteiger partial charge in [-0.15, -0.1) is 0 Å². The molecule has 1 fully saturated rings. The summed E-state index contributed by atoms with van der Waals surface area (Å²) in [7, 11) is 0. The molecule has 0 aromatic heterocycles. The first-order valence-electron chi connectivity index (χ1n) is 11.1. The number of carbonyl (C=O) groups excluding carboxylic acids is 1. The fourth-order valence-electron chi connectivity index (χ4n) is 5.33. The van der Waals surface area contributed by atoms with Crippen LogP contribution in [0.4, 0.5) is 10.1 Å². The molecular formula is C27H27FN2O. The Balaban J connectivity index is 1.29. The molecule has 5 rings (SSSR count). The Kier molecular flexibility index (Phi) is 5.23. The summed E-state index contributed by atoms with van der Waals surface area (Å²) in [5.74, 6) is 0.0647. The van der Waals surface area contributed by atoms with Gasteiger partial charge in [0.2, 0.25) is 0 Å². The van der Waals surface area contributed by atoms with Crippen molar-refractivity contribution < 1.29 is 9.18 Å². The van der Waals surface area contributed by atoms with E-state index in [2.05, 4.69) is 41.0 Å². The first-order valence-corrected chi connectivity index (χ1v) is 11.1. The maximum absolute atomic E-state index is 13.1. The lowest BCUT2D eigenvalue weighted by atomic mass is 9.66. The molecule has 1 aliphatic heterocycles. The van der Waals surface area contributed by atoms with Gasteiger partial charge in [0.15, 0.2) is 0 Å². The van der Waals surface area contributed by atoms with Gasteiger partial charge < -0.3 is 10.6 Å². The molecule has 0 unspecified atom stereocenters. The molecule has 158 valence electrons. The van der Waals surface area contributed by atoms with Gasteiger partial charge in [-0.25, -0.2) is 4.39 Å². The lowest BCUT2D eigenvalue weighted by Crippen LogP contribution is -2.33. The molecule has 4 heteroatoms. The van der Waals surface area contributed by atoms with E-state index in [-0.39, 0.29) is 17.1 Å². The highest BCUT2D eigenvalue weighted by Gasteiger charge is 2.42. The van der Waals surface area contributed by atoms with Crippen molar-refractivity contribution in [1.82, 2.24) is 5.32 Å². The first-order chi connectivity index (χ1) is 15.1. The normalized spacial score (nSPS) is 22.0. The van der Waals surface area contributed by atoms with Crippen molar-refractivity contribution in [2.75, 3.05) is 11.9 Å². The summed E-state index contributed by atoms with van der Waals surface area (Å²) >= 11 is 0. The van der Waals surface area contributed by atoms with Crippen molar-refractivity contribution >= 4 is 11.6 Å². The van der Waals surface area contributed by atoms with E-state index >= 15 is 0 Å². The summed E-state index contributed by atoms with van der Waals surface area (Å²) in [4.78, 5) is 13.0. The molecule has 0 radical (unpaired) electrons. The van der Waals surface area contributed by atoms with Crippen LogP contribution in [0.2, 0.25) is 0 Å². The van der Waals surface area contributed by atoms with Crippen molar-refractivity contribution in [3.8, 4) is 0 Å². The van der Waals surface area contributed by atoms with Gasteiger partial charge >= 0.3 is 0 Å². The SMILES string of the molecule is O=C(NCc1ccc(F)cc1)c1ccccc1C1CCC2(CC1)CNc1ccccc12. The number of fused-ring (bicyclic) bond motifs is 2. The van der Waals surface area contributed by atoms with Gasteiger partial charge in [0.25, 0.3) is 5.91 Å². The predicted octanol–water partition coefficient (Wildman–Crippen LogP) is 5.78. The molecule has 2 N–H and O–H groups in total. The molecule has 0 atom stereocenters. The smallest absolute Gasteiger partial charge is 0.251 e. The van der Waals surface area contributed by atoms with Crippen LogP contribution in [0.25, 0.3) is 0 Å². The number of anilines is 1. The van der Waals surface area contributed by atoms with Crippen LogP contribution in [-0.4, -0.2) is 12.5 Å². The van der Waals surface area contributed by atoms with Crippen molar-refractivity contribution in [2.24, 2.45) is 0 Å². The Bertz CT molecular complexity index is 1080. The Morgan fingerprint density at radius 2 is 1.68 bits per heavy atom. The molecule has 3 aromatic rings. The molecule has 3 nitrogen and oxygen atoms in total. The number of nitrogens with one attached hydrogen (secondary N) is 2. The number of amides is 1. The highest BCUT2D eigenvalue weighted by atomic mass is 19.1. The molecule has 0 saturated heterocycles. The second-order valence-electron chi connectivity index (χ2n) is 8.85. The number of rotatable bonds is 4. The summed E-state index contributed by atoms with van der Waals surface area (Å²) in [6, 6.07) is 22.9. The van der Waals surface area contributed by atoms with E-state index in [0.717, 1.165) is 48.9 Å². The number of benzene rings is 3. The Morgan fingerprint density at radius 1 is 0.968 bits per heavy atom. The molecule has 1 spiro atoms. The second kappa shape index (κ2) is 8.18. The van der Waals surface area contributed by atoms with Gasteiger partial charge in [-0.2, -0.15) is 0 Å². The van der Waals surface area contributed by atoms with E-state index < -0.39 is 0 Å². The quantitative estimate of drug-likeness (QED) is 0.568. The minimum atomic E-state index is -0.268. The molecule has 3 aromatic carbocycles. The molecule has 1 amide bonds. The molecule has 1 heterocycles. The number of hydrogen-bond donors (Lipinski definition) is 2. The minimum Gasteiger partial charge on any atom is -0.384 e. The third-order valence-electron chi connectivity index (χ3n) is 7.07.